The second kappa shape index (κ2) is 10.2. The maximum atomic E-state index is 11.9. The molecule has 0 bridgehead atoms. The number of carbonyl (C=O) groups excluding carboxylic acids is 4. The monoisotopic (exact) mass is 409 g/mol. The number of esters is 1. The Bertz CT molecular complexity index is 912. The van der Waals surface area contributed by atoms with E-state index in [4.69, 9.17) is 4.74 Å². The van der Waals surface area contributed by atoms with Crippen LogP contribution in [-0.2, 0) is 30.3 Å². The minimum atomic E-state index is -0.700. The van der Waals surface area contributed by atoms with Crippen molar-refractivity contribution in [3.8, 4) is 0 Å². The van der Waals surface area contributed by atoms with Crippen molar-refractivity contribution in [2.45, 2.75) is 19.3 Å². The third-order valence-corrected chi connectivity index (χ3v) is 4.54. The molecule has 0 atom stereocenters. The summed E-state index contributed by atoms with van der Waals surface area (Å²) in [6.07, 6.45) is 1.56. The third-order valence-electron chi connectivity index (χ3n) is 4.54. The molecule has 0 aromatic heterocycles. The Kier molecular flexibility index (Phi) is 7.15. The minimum absolute atomic E-state index is 0.0922. The number of ether oxygens (including phenoxy) is 1. The maximum absolute atomic E-state index is 11.9. The van der Waals surface area contributed by atoms with Crippen molar-refractivity contribution in [2.24, 2.45) is 0 Å². The summed E-state index contributed by atoms with van der Waals surface area (Å²) in [6.45, 7) is -0.0698. The van der Waals surface area contributed by atoms with E-state index in [9.17, 15) is 19.2 Å². The molecule has 0 aliphatic carbocycles. The summed E-state index contributed by atoms with van der Waals surface area (Å²) in [6, 6.07) is 16.0. The van der Waals surface area contributed by atoms with Crippen LogP contribution >= 0.6 is 0 Å². The van der Waals surface area contributed by atoms with Gasteiger partial charge in [-0.1, -0.05) is 30.3 Å². The lowest BCUT2D eigenvalue weighted by Crippen LogP contribution is -2.33. The largest absolute Gasteiger partial charge is 0.454 e. The van der Waals surface area contributed by atoms with E-state index in [0.29, 0.717) is 18.7 Å². The molecule has 1 saturated heterocycles. The molecule has 0 unspecified atom stereocenters. The molecule has 0 spiro atoms. The Morgan fingerprint density at radius 2 is 1.70 bits per heavy atom. The van der Waals surface area contributed by atoms with Crippen LogP contribution in [0.25, 0.3) is 0 Å². The predicted molar refractivity (Wildman–Crippen MR) is 111 cm³/mol. The molecule has 1 aliphatic heterocycles. The zero-order valence-corrected chi connectivity index (χ0v) is 16.4. The van der Waals surface area contributed by atoms with E-state index in [1.807, 2.05) is 30.3 Å². The van der Waals surface area contributed by atoms with Crippen molar-refractivity contribution in [2.75, 3.05) is 29.9 Å². The lowest BCUT2D eigenvalue weighted by Gasteiger charge is -2.16. The summed E-state index contributed by atoms with van der Waals surface area (Å²) < 4.78 is 4.88. The fourth-order valence-electron chi connectivity index (χ4n) is 3.05. The summed E-state index contributed by atoms with van der Waals surface area (Å²) in [5.41, 5.74) is 2.15. The Morgan fingerprint density at radius 1 is 0.967 bits per heavy atom. The molecule has 8 nitrogen and oxygen atoms in total. The topological polar surface area (TPSA) is 105 Å². The Morgan fingerprint density at radius 3 is 2.37 bits per heavy atom. The van der Waals surface area contributed by atoms with Gasteiger partial charge in [0.15, 0.2) is 6.61 Å². The highest BCUT2D eigenvalue weighted by Crippen LogP contribution is 2.22. The van der Waals surface area contributed by atoms with E-state index in [0.717, 1.165) is 17.7 Å². The first-order valence-corrected chi connectivity index (χ1v) is 9.68. The number of nitrogens with one attached hydrogen (secondary N) is 2. The highest BCUT2D eigenvalue weighted by Gasteiger charge is 2.21. The van der Waals surface area contributed by atoms with Crippen molar-refractivity contribution in [3.05, 3.63) is 60.2 Å². The fourth-order valence-corrected chi connectivity index (χ4v) is 3.05. The quantitative estimate of drug-likeness (QED) is 0.645. The average molecular weight is 409 g/mol. The number of rotatable bonds is 8. The second-order valence-electron chi connectivity index (χ2n) is 6.84. The van der Waals surface area contributed by atoms with E-state index in [1.54, 1.807) is 29.2 Å². The Hall–Kier alpha value is -3.68. The lowest BCUT2D eigenvalue weighted by atomic mass is 10.1. The SMILES string of the molecule is O=C(Cc1ccccc1)NCC(=O)OCC(=O)Nc1ccc(N2CCCC2=O)cc1. The summed E-state index contributed by atoms with van der Waals surface area (Å²) in [5.74, 6) is -1.41. The van der Waals surface area contributed by atoms with E-state index in [-0.39, 0.29) is 24.8 Å². The molecule has 2 aromatic rings. The standard InChI is InChI=1S/C22H23N3O5/c26-19(13-16-5-2-1-3-6-16)23-14-22(29)30-15-20(27)24-17-8-10-18(11-9-17)25-12-4-7-21(25)28/h1-3,5-6,8-11H,4,7,12-15H2,(H,23,26)(H,24,27). The first-order chi connectivity index (χ1) is 14.5. The van der Waals surface area contributed by atoms with Gasteiger partial charge < -0.3 is 20.3 Å². The van der Waals surface area contributed by atoms with Crippen LogP contribution in [0.5, 0.6) is 0 Å². The first-order valence-electron chi connectivity index (χ1n) is 9.68. The van der Waals surface area contributed by atoms with Gasteiger partial charge in [0.25, 0.3) is 5.91 Å². The van der Waals surface area contributed by atoms with Gasteiger partial charge >= 0.3 is 5.97 Å². The highest BCUT2D eigenvalue weighted by molar-refractivity contribution is 5.96. The van der Waals surface area contributed by atoms with Crippen LogP contribution in [0.1, 0.15) is 18.4 Å². The van der Waals surface area contributed by atoms with Crippen LogP contribution in [-0.4, -0.2) is 43.4 Å². The molecule has 1 heterocycles. The molecule has 2 aromatic carbocycles. The summed E-state index contributed by atoms with van der Waals surface area (Å²) in [7, 11) is 0. The van der Waals surface area contributed by atoms with Gasteiger partial charge in [-0.15, -0.1) is 0 Å². The number of nitrogens with zero attached hydrogens (tertiary/aromatic N) is 1. The first kappa shape index (κ1) is 21.0. The van der Waals surface area contributed by atoms with E-state index < -0.39 is 18.5 Å². The van der Waals surface area contributed by atoms with E-state index in [2.05, 4.69) is 10.6 Å². The molecule has 0 radical (unpaired) electrons. The molecule has 1 aliphatic rings. The van der Waals surface area contributed by atoms with Gasteiger partial charge in [0, 0.05) is 24.3 Å². The van der Waals surface area contributed by atoms with E-state index >= 15 is 0 Å². The third kappa shape index (κ3) is 6.16. The van der Waals surface area contributed by atoms with Crippen molar-refractivity contribution in [1.29, 1.82) is 0 Å². The van der Waals surface area contributed by atoms with Crippen LogP contribution in [0, 0.1) is 0 Å². The normalized spacial score (nSPS) is 13.1. The molecule has 8 heteroatoms. The molecular formula is C22H23N3O5. The van der Waals surface area contributed by atoms with Crippen molar-refractivity contribution in [1.82, 2.24) is 5.32 Å². The number of hydrogen-bond acceptors (Lipinski definition) is 5. The molecule has 3 rings (SSSR count). The second-order valence-corrected chi connectivity index (χ2v) is 6.84. The molecule has 0 saturated carbocycles. The van der Waals surface area contributed by atoms with Crippen molar-refractivity contribution in [3.63, 3.8) is 0 Å². The number of carbonyl (C=O) groups is 4. The smallest absolute Gasteiger partial charge is 0.325 e. The van der Waals surface area contributed by atoms with Gasteiger partial charge in [-0.05, 0) is 36.2 Å². The van der Waals surface area contributed by atoms with Gasteiger partial charge in [-0.2, -0.15) is 0 Å². The summed E-state index contributed by atoms with van der Waals surface area (Å²) in [4.78, 5) is 49.0. The molecule has 1 fully saturated rings. The van der Waals surface area contributed by atoms with Gasteiger partial charge in [-0.3, -0.25) is 19.2 Å². The fraction of sp³-hybridized carbons (Fsp3) is 0.273. The lowest BCUT2D eigenvalue weighted by molar-refractivity contribution is -0.147. The van der Waals surface area contributed by atoms with Crippen LogP contribution in [0.3, 0.4) is 0 Å². The van der Waals surface area contributed by atoms with Crippen LogP contribution in [0.4, 0.5) is 11.4 Å². The van der Waals surface area contributed by atoms with E-state index in [1.165, 1.54) is 0 Å². The zero-order chi connectivity index (χ0) is 21.3. The molecule has 2 N–H and O–H groups in total. The summed E-state index contributed by atoms with van der Waals surface area (Å²) in [5, 5.41) is 5.08. The molecule has 30 heavy (non-hydrogen) atoms. The van der Waals surface area contributed by atoms with Crippen LogP contribution in [0.2, 0.25) is 0 Å². The van der Waals surface area contributed by atoms with Crippen molar-refractivity contribution < 1.29 is 23.9 Å². The maximum Gasteiger partial charge on any atom is 0.325 e. The Labute approximate surface area is 174 Å². The van der Waals surface area contributed by atoms with Gasteiger partial charge in [0.1, 0.15) is 6.54 Å². The van der Waals surface area contributed by atoms with Crippen LogP contribution < -0.4 is 15.5 Å². The Balaban J connectivity index is 1.36. The number of anilines is 2. The van der Waals surface area contributed by atoms with Crippen LogP contribution in [0.15, 0.2) is 54.6 Å². The summed E-state index contributed by atoms with van der Waals surface area (Å²) >= 11 is 0. The molecule has 3 amide bonds. The average Bonchev–Trinajstić information content (AvgIpc) is 3.18. The minimum Gasteiger partial charge on any atom is -0.454 e. The molecular weight excluding hydrogens is 386 g/mol. The predicted octanol–water partition coefficient (Wildman–Crippen LogP) is 1.65. The molecule has 156 valence electrons. The van der Waals surface area contributed by atoms with Gasteiger partial charge in [-0.25, -0.2) is 0 Å². The highest BCUT2D eigenvalue weighted by atomic mass is 16.5. The number of amides is 3. The number of benzene rings is 2. The van der Waals surface area contributed by atoms with Gasteiger partial charge in [0.05, 0.1) is 6.42 Å². The van der Waals surface area contributed by atoms with Gasteiger partial charge in [0.2, 0.25) is 11.8 Å². The van der Waals surface area contributed by atoms with Crippen molar-refractivity contribution >= 4 is 35.1 Å². The number of hydrogen-bond donors (Lipinski definition) is 2. The zero-order valence-electron chi connectivity index (χ0n) is 16.4.